The summed E-state index contributed by atoms with van der Waals surface area (Å²) in [6.07, 6.45) is 2.05. The van der Waals surface area contributed by atoms with Crippen LogP contribution in [0.5, 0.6) is 5.75 Å². The second kappa shape index (κ2) is 6.25. The lowest BCUT2D eigenvalue weighted by Gasteiger charge is -2.05. The summed E-state index contributed by atoms with van der Waals surface area (Å²) in [5, 5.41) is 4.92. The second-order valence-corrected chi connectivity index (χ2v) is 5.42. The molecule has 0 amide bonds. The van der Waals surface area contributed by atoms with Crippen molar-refractivity contribution in [2.24, 2.45) is 0 Å². The molecule has 2 rings (SSSR count). The molecule has 0 radical (unpaired) electrons. The number of ether oxygens (including phenoxy) is 1. The normalized spacial score (nSPS) is 10.8. The van der Waals surface area contributed by atoms with Gasteiger partial charge < -0.3 is 10.1 Å². The van der Waals surface area contributed by atoms with Gasteiger partial charge in [-0.25, -0.2) is 4.98 Å². The Labute approximate surface area is 116 Å². The van der Waals surface area contributed by atoms with E-state index in [1.807, 2.05) is 12.1 Å². The van der Waals surface area contributed by atoms with Gasteiger partial charge in [0, 0.05) is 6.54 Å². The van der Waals surface area contributed by atoms with E-state index < -0.39 is 0 Å². The smallest absolute Gasteiger partial charge is 0.183 e. The molecule has 0 unspecified atom stereocenters. The minimum absolute atomic E-state index is 0.700. The van der Waals surface area contributed by atoms with Gasteiger partial charge in [-0.15, -0.1) is 0 Å². The average molecular weight is 285 g/mol. The van der Waals surface area contributed by atoms with Gasteiger partial charge in [0.2, 0.25) is 0 Å². The molecule has 1 N–H and O–H groups in total. The van der Waals surface area contributed by atoms with E-state index >= 15 is 0 Å². The number of nitrogens with one attached hydrogen (secondary N) is 1. The molecule has 2 aromatic rings. The molecule has 0 aliphatic carbocycles. The number of thiazole rings is 1. The Bertz CT molecular complexity index is 527. The molecule has 1 aromatic carbocycles. The zero-order chi connectivity index (χ0) is 13.0. The molecule has 0 saturated heterocycles. The summed E-state index contributed by atoms with van der Waals surface area (Å²) in [6, 6.07) is 3.76. The average Bonchev–Trinajstić information content (AvgIpc) is 2.81. The highest BCUT2D eigenvalue weighted by atomic mass is 35.5. The quantitative estimate of drug-likeness (QED) is 0.844. The molecule has 98 valence electrons. The van der Waals surface area contributed by atoms with Gasteiger partial charge in [0.1, 0.15) is 11.3 Å². The molecule has 0 fully saturated rings. The van der Waals surface area contributed by atoms with E-state index in [1.165, 1.54) is 0 Å². The molecule has 0 bridgehead atoms. The van der Waals surface area contributed by atoms with Gasteiger partial charge in [0.25, 0.3) is 0 Å². The number of benzene rings is 1. The number of nitrogens with zero attached hydrogens (tertiary/aromatic N) is 1. The Balaban J connectivity index is 2.34. The maximum Gasteiger partial charge on any atom is 0.183 e. The first kappa shape index (κ1) is 13.4. The van der Waals surface area contributed by atoms with Gasteiger partial charge in [-0.05, 0) is 25.0 Å². The molecular formula is C13H17ClN2OS. The highest BCUT2D eigenvalue weighted by Crippen LogP contribution is 2.37. The number of aromatic nitrogens is 1. The van der Waals surface area contributed by atoms with E-state index in [0.717, 1.165) is 45.5 Å². The maximum atomic E-state index is 6.20. The Morgan fingerprint density at radius 2 is 2.17 bits per heavy atom. The molecule has 3 nitrogen and oxygen atoms in total. The van der Waals surface area contributed by atoms with Crippen LogP contribution in [0.15, 0.2) is 12.1 Å². The van der Waals surface area contributed by atoms with Crippen molar-refractivity contribution in [1.82, 2.24) is 4.98 Å². The lowest BCUT2D eigenvalue weighted by atomic mass is 10.3. The number of halogens is 1. The van der Waals surface area contributed by atoms with Gasteiger partial charge >= 0.3 is 0 Å². The molecule has 18 heavy (non-hydrogen) atoms. The summed E-state index contributed by atoms with van der Waals surface area (Å²) >= 11 is 7.77. The Morgan fingerprint density at radius 3 is 2.89 bits per heavy atom. The summed E-state index contributed by atoms with van der Waals surface area (Å²) in [5.74, 6) is 0.817. The third-order valence-electron chi connectivity index (χ3n) is 2.45. The van der Waals surface area contributed by atoms with Crippen molar-refractivity contribution in [3.63, 3.8) is 0 Å². The van der Waals surface area contributed by atoms with Crippen LogP contribution < -0.4 is 10.1 Å². The fourth-order valence-corrected chi connectivity index (χ4v) is 2.77. The van der Waals surface area contributed by atoms with Crippen LogP contribution in [0.4, 0.5) is 5.13 Å². The van der Waals surface area contributed by atoms with E-state index in [9.17, 15) is 0 Å². The summed E-state index contributed by atoms with van der Waals surface area (Å²) in [7, 11) is 0. The van der Waals surface area contributed by atoms with Crippen molar-refractivity contribution >= 4 is 38.3 Å². The molecule has 5 heteroatoms. The third kappa shape index (κ3) is 2.87. The monoisotopic (exact) mass is 284 g/mol. The van der Waals surface area contributed by atoms with Crippen LogP contribution in [-0.4, -0.2) is 18.1 Å². The summed E-state index contributed by atoms with van der Waals surface area (Å²) in [4.78, 5) is 4.56. The van der Waals surface area contributed by atoms with Crippen molar-refractivity contribution in [3.05, 3.63) is 17.2 Å². The molecule has 0 atom stereocenters. The lowest BCUT2D eigenvalue weighted by molar-refractivity contribution is 0.320. The maximum absolute atomic E-state index is 6.20. The number of fused-ring (bicyclic) bond motifs is 1. The molecule has 0 spiro atoms. The van der Waals surface area contributed by atoms with E-state index in [-0.39, 0.29) is 0 Å². The minimum Gasteiger partial charge on any atom is -0.491 e. The van der Waals surface area contributed by atoms with Crippen LogP contribution in [-0.2, 0) is 0 Å². The van der Waals surface area contributed by atoms with Crippen molar-refractivity contribution in [1.29, 1.82) is 0 Å². The van der Waals surface area contributed by atoms with Gasteiger partial charge in [-0.1, -0.05) is 36.8 Å². The Hall–Kier alpha value is -1.000. The summed E-state index contributed by atoms with van der Waals surface area (Å²) < 4.78 is 6.69. The fraction of sp³-hybridized carbons (Fsp3) is 0.462. The van der Waals surface area contributed by atoms with Crippen LogP contribution in [0.25, 0.3) is 10.2 Å². The van der Waals surface area contributed by atoms with Crippen LogP contribution >= 0.6 is 22.9 Å². The van der Waals surface area contributed by atoms with Crippen LogP contribution in [0.2, 0.25) is 5.02 Å². The van der Waals surface area contributed by atoms with Gasteiger partial charge in [-0.2, -0.15) is 0 Å². The first-order valence-corrected chi connectivity index (χ1v) is 7.41. The van der Waals surface area contributed by atoms with Gasteiger partial charge in [0.15, 0.2) is 5.13 Å². The topological polar surface area (TPSA) is 34.2 Å². The highest BCUT2D eigenvalue weighted by molar-refractivity contribution is 7.22. The Morgan fingerprint density at radius 1 is 1.33 bits per heavy atom. The minimum atomic E-state index is 0.700. The van der Waals surface area contributed by atoms with Crippen molar-refractivity contribution in [3.8, 4) is 5.75 Å². The molecule has 1 aromatic heterocycles. The lowest BCUT2D eigenvalue weighted by Crippen LogP contribution is -1.98. The zero-order valence-electron chi connectivity index (χ0n) is 10.6. The molecule has 0 aliphatic heterocycles. The summed E-state index contributed by atoms with van der Waals surface area (Å²) in [6.45, 7) is 5.83. The van der Waals surface area contributed by atoms with Crippen molar-refractivity contribution < 1.29 is 4.74 Å². The number of rotatable bonds is 6. The molecule has 0 saturated carbocycles. The third-order valence-corrected chi connectivity index (χ3v) is 3.92. The second-order valence-electron chi connectivity index (χ2n) is 4.02. The standard InChI is InChI=1S/C13H17ClN2OS/c1-3-7-15-13-16-11-10(17-8-4-2)6-5-9(14)12(11)18-13/h5-6H,3-4,7-8H2,1-2H3,(H,15,16). The van der Waals surface area contributed by atoms with Crippen molar-refractivity contribution in [2.75, 3.05) is 18.5 Å². The van der Waals surface area contributed by atoms with Crippen LogP contribution in [0, 0.1) is 0 Å². The highest BCUT2D eigenvalue weighted by Gasteiger charge is 2.12. The largest absolute Gasteiger partial charge is 0.491 e. The van der Waals surface area contributed by atoms with E-state index in [4.69, 9.17) is 16.3 Å². The summed E-state index contributed by atoms with van der Waals surface area (Å²) in [5.41, 5.74) is 0.861. The number of hydrogen-bond acceptors (Lipinski definition) is 4. The molecule has 0 aliphatic rings. The zero-order valence-corrected chi connectivity index (χ0v) is 12.2. The Kier molecular flexibility index (Phi) is 4.66. The van der Waals surface area contributed by atoms with E-state index in [1.54, 1.807) is 11.3 Å². The predicted molar refractivity (Wildman–Crippen MR) is 79.2 cm³/mol. The number of hydrogen-bond donors (Lipinski definition) is 1. The fourth-order valence-electron chi connectivity index (χ4n) is 1.59. The predicted octanol–water partition coefficient (Wildman–Crippen LogP) is 4.56. The SMILES string of the molecule is CCCNc1nc2c(OCCC)ccc(Cl)c2s1. The van der Waals surface area contributed by atoms with Crippen molar-refractivity contribution in [2.45, 2.75) is 26.7 Å². The van der Waals surface area contributed by atoms with Crippen LogP contribution in [0.1, 0.15) is 26.7 Å². The van der Waals surface area contributed by atoms with Gasteiger partial charge in [-0.3, -0.25) is 0 Å². The van der Waals surface area contributed by atoms with E-state index in [0.29, 0.717) is 6.61 Å². The van der Waals surface area contributed by atoms with Gasteiger partial charge in [0.05, 0.1) is 16.3 Å². The first-order valence-electron chi connectivity index (χ1n) is 6.22. The number of anilines is 1. The first-order chi connectivity index (χ1) is 8.76. The molecular weight excluding hydrogens is 268 g/mol. The van der Waals surface area contributed by atoms with Crippen LogP contribution in [0.3, 0.4) is 0 Å². The van der Waals surface area contributed by atoms with E-state index in [2.05, 4.69) is 24.1 Å². The molecule has 1 heterocycles.